The van der Waals surface area contributed by atoms with E-state index in [1.807, 2.05) is 0 Å². The summed E-state index contributed by atoms with van der Waals surface area (Å²) in [6.45, 7) is 2.67. The molecule has 0 unspecified atom stereocenters. The minimum atomic E-state index is -3.98. The van der Waals surface area contributed by atoms with Crippen LogP contribution in [0.4, 0.5) is 5.69 Å². The summed E-state index contributed by atoms with van der Waals surface area (Å²) in [5, 5.41) is 0.670. The van der Waals surface area contributed by atoms with Crippen LogP contribution in [0.15, 0.2) is 35.4 Å². The van der Waals surface area contributed by atoms with E-state index in [0.29, 0.717) is 23.7 Å². The molecule has 156 valence electrons. The van der Waals surface area contributed by atoms with Gasteiger partial charge in [0, 0.05) is 24.9 Å². The van der Waals surface area contributed by atoms with Crippen molar-refractivity contribution in [2.75, 3.05) is 25.0 Å². The van der Waals surface area contributed by atoms with Crippen LogP contribution in [0.5, 0.6) is 0 Å². The van der Waals surface area contributed by atoms with E-state index in [0.717, 1.165) is 12.8 Å². The zero-order chi connectivity index (χ0) is 21.2. The lowest BCUT2D eigenvalue weighted by Crippen LogP contribution is -2.39. The van der Waals surface area contributed by atoms with Gasteiger partial charge >= 0.3 is 0 Å². The molecule has 3 rings (SSSR count). The standard InChI is InChI=1S/C19H21Cl2N3O4S/c1-12-8-15(5-6-16(12)21)29(26,27)23-17-9-13(20)10-22-18(17)19(25)24-7-3-4-14(24)11-28-2/h5-6,8-10,14,23H,3-4,7,11H2,1-2H3/t14-/m1/s1. The first kappa shape index (κ1) is 21.8. The summed E-state index contributed by atoms with van der Waals surface area (Å²) < 4.78 is 33.4. The summed E-state index contributed by atoms with van der Waals surface area (Å²) in [5.41, 5.74) is 0.638. The molecule has 1 fully saturated rings. The molecular weight excluding hydrogens is 437 g/mol. The van der Waals surface area contributed by atoms with E-state index >= 15 is 0 Å². The van der Waals surface area contributed by atoms with E-state index in [1.54, 1.807) is 18.9 Å². The molecule has 0 saturated carbocycles. The van der Waals surface area contributed by atoms with E-state index in [2.05, 4.69) is 9.71 Å². The number of rotatable bonds is 6. The van der Waals surface area contributed by atoms with Crippen LogP contribution in [0.3, 0.4) is 0 Å². The number of aryl methyl sites for hydroxylation is 1. The molecule has 2 aromatic rings. The van der Waals surface area contributed by atoms with Crippen LogP contribution < -0.4 is 4.72 Å². The van der Waals surface area contributed by atoms with Crippen molar-refractivity contribution < 1.29 is 17.9 Å². The molecule has 1 aliphatic heterocycles. The Morgan fingerprint density at radius 2 is 2.10 bits per heavy atom. The Labute approximate surface area is 180 Å². The fourth-order valence-electron chi connectivity index (χ4n) is 3.28. The Balaban J connectivity index is 1.94. The Morgan fingerprint density at radius 3 is 2.79 bits per heavy atom. The number of likely N-dealkylation sites (tertiary alicyclic amines) is 1. The first-order valence-electron chi connectivity index (χ1n) is 8.97. The molecule has 0 spiro atoms. The highest BCUT2D eigenvalue weighted by molar-refractivity contribution is 7.92. The van der Waals surface area contributed by atoms with Gasteiger partial charge < -0.3 is 9.64 Å². The fourth-order valence-corrected chi connectivity index (χ4v) is 4.70. The van der Waals surface area contributed by atoms with Crippen molar-refractivity contribution in [3.05, 3.63) is 51.8 Å². The van der Waals surface area contributed by atoms with Crippen LogP contribution in [0.1, 0.15) is 28.9 Å². The molecule has 2 heterocycles. The van der Waals surface area contributed by atoms with Crippen molar-refractivity contribution in [2.45, 2.75) is 30.7 Å². The molecule has 7 nitrogen and oxygen atoms in total. The van der Waals surface area contributed by atoms with Crippen LogP contribution in [-0.2, 0) is 14.8 Å². The highest BCUT2D eigenvalue weighted by atomic mass is 35.5. The van der Waals surface area contributed by atoms with Crippen molar-refractivity contribution in [2.24, 2.45) is 0 Å². The summed E-state index contributed by atoms with van der Waals surface area (Å²) >= 11 is 12.0. The lowest BCUT2D eigenvalue weighted by Gasteiger charge is -2.24. The van der Waals surface area contributed by atoms with Crippen LogP contribution in [0, 0.1) is 6.92 Å². The number of sulfonamides is 1. The van der Waals surface area contributed by atoms with Crippen LogP contribution >= 0.6 is 23.2 Å². The second kappa shape index (κ2) is 8.87. The number of pyridine rings is 1. The third-order valence-corrected chi connectivity index (χ3v) is 6.73. The van der Waals surface area contributed by atoms with Crippen molar-refractivity contribution in [3.63, 3.8) is 0 Å². The number of hydrogen-bond donors (Lipinski definition) is 1. The summed E-state index contributed by atoms with van der Waals surface area (Å²) in [6, 6.07) is 5.66. The minimum Gasteiger partial charge on any atom is -0.383 e. The fraction of sp³-hybridized carbons (Fsp3) is 0.368. The number of nitrogens with one attached hydrogen (secondary N) is 1. The summed E-state index contributed by atoms with van der Waals surface area (Å²) in [6.07, 6.45) is 2.98. The lowest BCUT2D eigenvalue weighted by molar-refractivity contribution is 0.0626. The predicted octanol–water partition coefficient (Wildman–Crippen LogP) is 3.75. The number of halogens is 2. The molecule has 1 amide bonds. The topological polar surface area (TPSA) is 88.6 Å². The first-order chi connectivity index (χ1) is 13.7. The SMILES string of the molecule is COC[C@H]1CCCN1C(=O)c1ncc(Cl)cc1NS(=O)(=O)c1ccc(Cl)c(C)c1. The van der Waals surface area contributed by atoms with Gasteiger partial charge in [-0.1, -0.05) is 23.2 Å². The monoisotopic (exact) mass is 457 g/mol. The van der Waals surface area contributed by atoms with E-state index in [4.69, 9.17) is 27.9 Å². The number of methoxy groups -OCH3 is 1. The maximum absolute atomic E-state index is 13.1. The molecule has 1 atom stereocenters. The van der Waals surface area contributed by atoms with E-state index in [9.17, 15) is 13.2 Å². The molecule has 10 heteroatoms. The normalized spacial score (nSPS) is 16.8. The number of aromatic nitrogens is 1. The zero-order valence-electron chi connectivity index (χ0n) is 16.0. The minimum absolute atomic E-state index is 0.00772. The van der Waals surface area contributed by atoms with Gasteiger partial charge in [-0.3, -0.25) is 9.52 Å². The summed E-state index contributed by atoms with van der Waals surface area (Å²) in [5.74, 6) is -0.369. The quantitative estimate of drug-likeness (QED) is 0.713. The molecule has 0 bridgehead atoms. The number of carbonyl (C=O) groups excluding carboxylic acids is 1. The Morgan fingerprint density at radius 1 is 1.34 bits per heavy atom. The number of nitrogens with zero attached hydrogens (tertiary/aromatic N) is 2. The van der Waals surface area contributed by atoms with Gasteiger partial charge in [0.25, 0.3) is 15.9 Å². The van der Waals surface area contributed by atoms with Crippen LogP contribution in [-0.4, -0.2) is 50.5 Å². The molecule has 29 heavy (non-hydrogen) atoms. The summed E-state index contributed by atoms with van der Waals surface area (Å²) in [4.78, 5) is 18.9. The van der Waals surface area contributed by atoms with Gasteiger partial charge in [0.05, 0.1) is 28.3 Å². The molecule has 0 aliphatic carbocycles. The number of ether oxygens (including phenoxy) is 1. The van der Waals surface area contributed by atoms with E-state index in [-0.39, 0.29) is 33.2 Å². The lowest BCUT2D eigenvalue weighted by atomic mass is 10.2. The van der Waals surface area contributed by atoms with Crippen molar-refractivity contribution in [1.82, 2.24) is 9.88 Å². The maximum Gasteiger partial charge on any atom is 0.274 e. The molecule has 1 aromatic heterocycles. The largest absolute Gasteiger partial charge is 0.383 e. The number of hydrogen-bond acceptors (Lipinski definition) is 5. The van der Waals surface area contributed by atoms with Gasteiger partial charge in [-0.2, -0.15) is 0 Å². The molecule has 1 aliphatic rings. The van der Waals surface area contributed by atoms with Crippen molar-refractivity contribution in [3.8, 4) is 0 Å². The average molecular weight is 458 g/mol. The number of benzene rings is 1. The smallest absolute Gasteiger partial charge is 0.274 e. The molecule has 1 aromatic carbocycles. The highest BCUT2D eigenvalue weighted by Crippen LogP contribution is 2.27. The average Bonchev–Trinajstić information content (AvgIpc) is 3.12. The molecule has 1 N–H and O–H groups in total. The number of carbonyl (C=O) groups is 1. The maximum atomic E-state index is 13.1. The highest BCUT2D eigenvalue weighted by Gasteiger charge is 2.32. The number of amides is 1. The molecular formula is C19H21Cl2N3O4S. The van der Waals surface area contributed by atoms with Crippen molar-refractivity contribution >= 4 is 44.8 Å². The Hall–Kier alpha value is -1.87. The molecule has 0 radical (unpaired) electrons. The Kier molecular flexibility index (Phi) is 6.68. The van der Waals surface area contributed by atoms with Gasteiger partial charge in [0.15, 0.2) is 5.69 Å². The van der Waals surface area contributed by atoms with Gasteiger partial charge in [0.2, 0.25) is 0 Å². The van der Waals surface area contributed by atoms with Crippen molar-refractivity contribution in [1.29, 1.82) is 0 Å². The predicted molar refractivity (Wildman–Crippen MR) is 112 cm³/mol. The summed E-state index contributed by atoms with van der Waals surface area (Å²) in [7, 11) is -2.40. The van der Waals surface area contributed by atoms with E-state index < -0.39 is 10.0 Å². The van der Waals surface area contributed by atoms with Crippen LogP contribution in [0.25, 0.3) is 0 Å². The van der Waals surface area contributed by atoms with E-state index in [1.165, 1.54) is 30.5 Å². The zero-order valence-corrected chi connectivity index (χ0v) is 18.3. The third kappa shape index (κ3) is 4.83. The van der Waals surface area contributed by atoms with Gasteiger partial charge in [-0.05, 0) is 49.6 Å². The van der Waals surface area contributed by atoms with Gasteiger partial charge in [-0.25, -0.2) is 13.4 Å². The van der Waals surface area contributed by atoms with Crippen LogP contribution in [0.2, 0.25) is 10.0 Å². The number of anilines is 1. The van der Waals surface area contributed by atoms with Gasteiger partial charge in [-0.15, -0.1) is 0 Å². The van der Waals surface area contributed by atoms with Gasteiger partial charge in [0.1, 0.15) is 0 Å². The second-order valence-corrected chi connectivity index (χ2v) is 9.34. The third-order valence-electron chi connectivity index (χ3n) is 4.74. The molecule has 1 saturated heterocycles. The first-order valence-corrected chi connectivity index (χ1v) is 11.2. The Bertz CT molecular complexity index is 1030. The second-order valence-electron chi connectivity index (χ2n) is 6.82.